The molecule has 0 rings (SSSR count). The molecule has 28 heavy (non-hydrogen) atoms. The zero-order valence-electron chi connectivity index (χ0n) is 19.2. The van der Waals surface area contributed by atoms with Crippen LogP contribution in [0.2, 0.25) is 0 Å². The number of carbonyl (C=O) groups is 2. The number of allylic oxidation sites excluding steroid dienone is 1. The Morgan fingerprint density at radius 3 is 1.93 bits per heavy atom. The summed E-state index contributed by atoms with van der Waals surface area (Å²) < 4.78 is 5.27. The molecule has 0 fully saturated rings. The summed E-state index contributed by atoms with van der Waals surface area (Å²) in [5.41, 5.74) is 2.14. The summed E-state index contributed by atoms with van der Waals surface area (Å²) in [6.45, 7) is 15.4. The molecule has 4 heteroatoms. The van der Waals surface area contributed by atoms with Gasteiger partial charge in [-0.2, -0.15) is 0 Å². The Labute approximate surface area is 173 Å². The highest BCUT2D eigenvalue weighted by Gasteiger charge is 2.12. The average Bonchev–Trinajstić information content (AvgIpc) is 2.67. The average molecular weight is 397 g/mol. The van der Waals surface area contributed by atoms with Gasteiger partial charge >= 0.3 is 11.9 Å². The van der Waals surface area contributed by atoms with Crippen molar-refractivity contribution < 1.29 is 19.4 Å². The van der Waals surface area contributed by atoms with Crippen molar-refractivity contribution in [3.8, 4) is 0 Å². The fraction of sp³-hybridized carbons (Fsp3) is 0.750. The normalized spacial score (nSPS) is 12.4. The fourth-order valence-corrected chi connectivity index (χ4v) is 2.77. The van der Waals surface area contributed by atoms with Crippen LogP contribution in [0.15, 0.2) is 23.3 Å². The van der Waals surface area contributed by atoms with E-state index < -0.39 is 5.97 Å². The SMILES string of the molecule is C=C(C)C(=O)OC(CC)CCCCC.CCCCCCC(CC)=C(C)C(=O)O. The van der Waals surface area contributed by atoms with Crippen LogP contribution in [0, 0.1) is 0 Å². The molecule has 1 unspecified atom stereocenters. The van der Waals surface area contributed by atoms with Gasteiger partial charge < -0.3 is 9.84 Å². The molecule has 0 aromatic carbocycles. The molecule has 0 saturated carbocycles. The number of hydrogen-bond acceptors (Lipinski definition) is 3. The summed E-state index contributed by atoms with van der Waals surface area (Å²) in [6, 6.07) is 0. The van der Waals surface area contributed by atoms with E-state index in [0.717, 1.165) is 44.1 Å². The Bertz CT molecular complexity index is 477. The summed E-state index contributed by atoms with van der Waals surface area (Å²) in [7, 11) is 0. The van der Waals surface area contributed by atoms with Crippen molar-refractivity contribution in [1.82, 2.24) is 0 Å². The standard InChI is InChI=1S/2C12H22O2/c1-5-7-8-9-11(6-2)14-12(13)10(3)4;1-4-6-7-8-9-11(5-2)10(3)12(13)14/h11H,3,5-9H2,1-2,4H3;4-9H2,1-3H3,(H,13,14). The molecule has 1 N–H and O–H groups in total. The summed E-state index contributed by atoms with van der Waals surface area (Å²) in [6.07, 6.45) is 12.1. The Morgan fingerprint density at radius 2 is 1.50 bits per heavy atom. The minimum atomic E-state index is -0.766. The highest BCUT2D eigenvalue weighted by Crippen LogP contribution is 2.17. The molecule has 0 saturated heterocycles. The molecule has 0 spiro atoms. The van der Waals surface area contributed by atoms with E-state index in [-0.39, 0.29) is 12.1 Å². The van der Waals surface area contributed by atoms with Crippen molar-refractivity contribution in [3.63, 3.8) is 0 Å². The van der Waals surface area contributed by atoms with E-state index in [1.807, 2.05) is 13.8 Å². The van der Waals surface area contributed by atoms with Crippen LogP contribution < -0.4 is 0 Å². The van der Waals surface area contributed by atoms with Crippen molar-refractivity contribution >= 4 is 11.9 Å². The van der Waals surface area contributed by atoms with Gasteiger partial charge in [0.15, 0.2) is 0 Å². The van der Waals surface area contributed by atoms with E-state index in [4.69, 9.17) is 9.84 Å². The Morgan fingerprint density at radius 1 is 0.929 bits per heavy atom. The smallest absolute Gasteiger partial charge is 0.333 e. The van der Waals surface area contributed by atoms with Gasteiger partial charge in [-0.25, -0.2) is 9.59 Å². The van der Waals surface area contributed by atoms with Crippen LogP contribution >= 0.6 is 0 Å². The Hall–Kier alpha value is -1.58. The van der Waals surface area contributed by atoms with Crippen LogP contribution in [0.3, 0.4) is 0 Å². The topological polar surface area (TPSA) is 63.6 Å². The van der Waals surface area contributed by atoms with Gasteiger partial charge in [-0.3, -0.25) is 0 Å². The monoisotopic (exact) mass is 396 g/mol. The summed E-state index contributed by atoms with van der Waals surface area (Å²) in [5, 5.41) is 8.83. The lowest BCUT2D eigenvalue weighted by atomic mass is 10.00. The predicted molar refractivity (Wildman–Crippen MR) is 119 cm³/mol. The first-order chi connectivity index (χ1) is 13.2. The molecule has 0 aliphatic carbocycles. The number of carboxylic acids is 1. The number of carboxylic acid groups (broad SMARTS) is 1. The maximum Gasteiger partial charge on any atom is 0.333 e. The van der Waals surface area contributed by atoms with Gasteiger partial charge in [0.1, 0.15) is 6.10 Å². The first-order valence-corrected chi connectivity index (χ1v) is 11.0. The third-order valence-corrected chi connectivity index (χ3v) is 4.82. The first kappa shape index (κ1) is 28.6. The molecule has 4 nitrogen and oxygen atoms in total. The minimum Gasteiger partial charge on any atom is -0.478 e. The number of aliphatic carboxylic acids is 1. The van der Waals surface area contributed by atoms with Gasteiger partial charge in [0.2, 0.25) is 0 Å². The van der Waals surface area contributed by atoms with Gasteiger partial charge in [-0.15, -0.1) is 0 Å². The van der Waals surface area contributed by atoms with Crippen LogP contribution in [0.4, 0.5) is 0 Å². The molecular formula is C24H44O4. The van der Waals surface area contributed by atoms with E-state index >= 15 is 0 Å². The van der Waals surface area contributed by atoms with E-state index in [1.54, 1.807) is 13.8 Å². The molecular weight excluding hydrogens is 352 g/mol. The molecule has 164 valence electrons. The third kappa shape index (κ3) is 15.5. The van der Waals surface area contributed by atoms with Gasteiger partial charge in [-0.05, 0) is 52.4 Å². The lowest BCUT2D eigenvalue weighted by Crippen LogP contribution is -2.17. The maximum atomic E-state index is 11.2. The van der Waals surface area contributed by atoms with Crippen molar-refractivity contribution in [2.45, 2.75) is 118 Å². The van der Waals surface area contributed by atoms with Crippen LogP contribution in [-0.4, -0.2) is 23.1 Å². The van der Waals surface area contributed by atoms with Gasteiger partial charge in [-0.1, -0.05) is 72.0 Å². The molecule has 0 radical (unpaired) electrons. The Kier molecular flexibility index (Phi) is 19.2. The zero-order valence-corrected chi connectivity index (χ0v) is 19.2. The lowest BCUT2D eigenvalue weighted by molar-refractivity contribution is -0.144. The molecule has 0 bridgehead atoms. The van der Waals surface area contributed by atoms with E-state index in [1.165, 1.54) is 32.1 Å². The van der Waals surface area contributed by atoms with Gasteiger partial charge in [0.25, 0.3) is 0 Å². The van der Waals surface area contributed by atoms with E-state index in [0.29, 0.717) is 11.1 Å². The van der Waals surface area contributed by atoms with Gasteiger partial charge in [0.05, 0.1) is 0 Å². The number of rotatable bonds is 14. The molecule has 0 heterocycles. The molecule has 0 aliphatic rings. The quantitative estimate of drug-likeness (QED) is 0.191. The maximum absolute atomic E-state index is 11.2. The van der Waals surface area contributed by atoms with E-state index in [9.17, 15) is 9.59 Å². The van der Waals surface area contributed by atoms with Crippen LogP contribution in [0.5, 0.6) is 0 Å². The largest absolute Gasteiger partial charge is 0.478 e. The number of hydrogen-bond donors (Lipinski definition) is 1. The van der Waals surface area contributed by atoms with Crippen LogP contribution in [-0.2, 0) is 14.3 Å². The van der Waals surface area contributed by atoms with Crippen molar-refractivity contribution in [1.29, 1.82) is 0 Å². The molecule has 0 aromatic heterocycles. The zero-order chi connectivity index (χ0) is 21.9. The molecule has 0 aromatic rings. The Balaban J connectivity index is 0. The highest BCUT2D eigenvalue weighted by molar-refractivity contribution is 5.87. The number of carbonyl (C=O) groups excluding carboxylic acids is 1. The summed E-state index contributed by atoms with van der Waals surface area (Å²) in [4.78, 5) is 22.0. The second-order valence-electron chi connectivity index (χ2n) is 7.41. The second-order valence-corrected chi connectivity index (χ2v) is 7.41. The molecule has 1 atom stereocenters. The van der Waals surface area contributed by atoms with Crippen molar-refractivity contribution in [2.24, 2.45) is 0 Å². The predicted octanol–water partition coefficient (Wildman–Crippen LogP) is 7.23. The van der Waals surface area contributed by atoms with Crippen LogP contribution in [0.1, 0.15) is 112 Å². The van der Waals surface area contributed by atoms with Crippen molar-refractivity contribution in [3.05, 3.63) is 23.3 Å². The number of unbranched alkanes of at least 4 members (excludes halogenated alkanes) is 5. The summed E-state index contributed by atoms with van der Waals surface area (Å²) >= 11 is 0. The number of esters is 1. The molecule has 0 aliphatic heterocycles. The highest BCUT2D eigenvalue weighted by atomic mass is 16.5. The van der Waals surface area contributed by atoms with Crippen molar-refractivity contribution in [2.75, 3.05) is 0 Å². The van der Waals surface area contributed by atoms with Crippen LogP contribution in [0.25, 0.3) is 0 Å². The number of ether oxygens (including phenoxy) is 1. The van der Waals surface area contributed by atoms with E-state index in [2.05, 4.69) is 20.4 Å². The fourth-order valence-electron chi connectivity index (χ4n) is 2.77. The first-order valence-electron chi connectivity index (χ1n) is 11.0. The minimum absolute atomic E-state index is 0.0748. The molecule has 0 amide bonds. The van der Waals surface area contributed by atoms with Gasteiger partial charge in [0, 0.05) is 11.1 Å². The second kappa shape index (κ2) is 18.8. The lowest BCUT2D eigenvalue weighted by Gasteiger charge is -2.15. The third-order valence-electron chi connectivity index (χ3n) is 4.82. The summed E-state index contributed by atoms with van der Waals surface area (Å²) in [5.74, 6) is -1.02.